The molecule has 4 rings (SSSR count). The summed E-state index contributed by atoms with van der Waals surface area (Å²) >= 11 is 6.31. The molecule has 0 saturated heterocycles. The molecule has 0 aliphatic rings. The number of pyridine rings is 1. The average molecular weight is 398 g/mol. The van der Waals surface area contributed by atoms with Crippen LogP contribution in [0.5, 0.6) is 0 Å². The van der Waals surface area contributed by atoms with Crippen LogP contribution in [0.4, 0.5) is 13.2 Å². The largest absolute Gasteiger partial charge is 0.416 e. The lowest BCUT2D eigenvalue weighted by molar-refractivity contribution is -0.137. The van der Waals surface area contributed by atoms with Crippen molar-refractivity contribution in [2.75, 3.05) is 0 Å². The molecule has 0 N–H and O–H groups in total. The number of halogens is 4. The number of benzene rings is 3. The number of fused-ring (bicyclic) bond motifs is 1. The first-order chi connectivity index (χ1) is 13.4. The Balaban J connectivity index is 1.98. The van der Waals surface area contributed by atoms with Gasteiger partial charge in [-0.1, -0.05) is 60.1 Å². The Labute approximate surface area is 165 Å². The molecule has 28 heavy (non-hydrogen) atoms. The van der Waals surface area contributed by atoms with Crippen molar-refractivity contribution < 1.29 is 13.2 Å². The molecule has 0 atom stereocenters. The van der Waals surface area contributed by atoms with E-state index in [0.29, 0.717) is 22.3 Å². The van der Waals surface area contributed by atoms with E-state index in [-0.39, 0.29) is 0 Å². The first kappa shape index (κ1) is 18.5. The summed E-state index contributed by atoms with van der Waals surface area (Å²) in [7, 11) is 0. The van der Waals surface area contributed by atoms with Crippen LogP contribution in [0.15, 0.2) is 79.0 Å². The van der Waals surface area contributed by atoms with Crippen molar-refractivity contribution in [3.05, 3.63) is 101 Å². The van der Waals surface area contributed by atoms with Gasteiger partial charge < -0.3 is 0 Å². The molecular formula is C23H15ClF3N. The van der Waals surface area contributed by atoms with Crippen LogP contribution in [0.3, 0.4) is 0 Å². The van der Waals surface area contributed by atoms with E-state index < -0.39 is 11.7 Å². The summed E-state index contributed by atoms with van der Waals surface area (Å²) in [6, 6.07) is 20.5. The van der Waals surface area contributed by atoms with Crippen molar-refractivity contribution >= 4 is 22.5 Å². The van der Waals surface area contributed by atoms with Gasteiger partial charge >= 0.3 is 6.18 Å². The number of hydrogen-bond acceptors (Lipinski definition) is 1. The quantitative estimate of drug-likeness (QED) is 0.357. The van der Waals surface area contributed by atoms with E-state index in [2.05, 4.69) is 4.98 Å². The molecule has 4 aromatic rings. The van der Waals surface area contributed by atoms with Gasteiger partial charge in [-0.15, -0.1) is 0 Å². The summed E-state index contributed by atoms with van der Waals surface area (Å²) in [6.45, 7) is 0. The smallest absolute Gasteiger partial charge is 0.256 e. The monoisotopic (exact) mass is 397 g/mol. The van der Waals surface area contributed by atoms with Crippen LogP contribution < -0.4 is 0 Å². The molecule has 0 bridgehead atoms. The predicted molar refractivity (Wildman–Crippen MR) is 106 cm³/mol. The lowest BCUT2D eigenvalue weighted by atomic mass is 9.92. The molecule has 0 amide bonds. The Morgan fingerprint density at radius 2 is 1.54 bits per heavy atom. The van der Waals surface area contributed by atoms with Crippen LogP contribution in [0.25, 0.3) is 22.0 Å². The van der Waals surface area contributed by atoms with Crippen molar-refractivity contribution in [1.29, 1.82) is 0 Å². The van der Waals surface area contributed by atoms with Crippen molar-refractivity contribution in [1.82, 2.24) is 4.98 Å². The lowest BCUT2D eigenvalue weighted by Crippen LogP contribution is -2.05. The van der Waals surface area contributed by atoms with Crippen molar-refractivity contribution in [3.63, 3.8) is 0 Å². The predicted octanol–water partition coefficient (Wildman–Crippen LogP) is 7.16. The van der Waals surface area contributed by atoms with E-state index in [9.17, 15) is 13.2 Å². The van der Waals surface area contributed by atoms with Crippen molar-refractivity contribution in [3.8, 4) is 11.1 Å². The fourth-order valence-electron chi connectivity index (χ4n) is 3.34. The third kappa shape index (κ3) is 3.60. The zero-order valence-electron chi connectivity index (χ0n) is 14.7. The highest BCUT2D eigenvalue weighted by Crippen LogP contribution is 2.37. The highest BCUT2D eigenvalue weighted by atomic mass is 35.5. The van der Waals surface area contributed by atoms with Crippen LogP contribution in [0.1, 0.15) is 16.7 Å². The normalized spacial score (nSPS) is 11.7. The highest BCUT2D eigenvalue weighted by Gasteiger charge is 2.31. The van der Waals surface area contributed by atoms with Crippen LogP contribution in [-0.2, 0) is 12.6 Å². The number of hydrogen-bond donors (Lipinski definition) is 0. The molecule has 0 unspecified atom stereocenters. The minimum Gasteiger partial charge on any atom is -0.256 e. The number of nitrogens with zero attached hydrogens (tertiary/aromatic N) is 1. The zero-order chi connectivity index (χ0) is 19.7. The third-order valence-corrected chi connectivity index (χ3v) is 5.04. The molecule has 0 fully saturated rings. The van der Waals surface area contributed by atoms with Gasteiger partial charge in [0.25, 0.3) is 0 Å². The molecule has 3 aromatic carbocycles. The van der Waals surface area contributed by atoms with E-state index >= 15 is 0 Å². The summed E-state index contributed by atoms with van der Waals surface area (Å²) < 4.78 is 39.9. The maximum absolute atomic E-state index is 13.3. The van der Waals surface area contributed by atoms with Gasteiger partial charge in [0.05, 0.1) is 11.1 Å². The maximum atomic E-state index is 13.3. The summed E-state index contributed by atoms with van der Waals surface area (Å²) in [5.41, 5.74) is 3.15. The lowest BCUT2D eigenvalue weighted by Gasteiger charge is -2.15. The van der Waals surface area contributed by atoms with E-state index in [1.807, 2.05) is 48.5 Å². The molecule has 5 heteroatoms. The zero-order valence-corrected chi connectivity index (χ0v) is 15.4. The summed E-state index contributed by atoms with van der Waals surface area (Å²) in [6.07, 6.45) is -2.22. The van der Waals surface area contributed by atoms with Gasteiger partial charge in [0.2, 0.25) is 0 Å². The summed E-state index contributed by atoms with van der Waals surface area (Å²) in [4.78, 5) is 4.41. The van der Waals surface area contributed by atoms with Gasteiger partial charge in [-0.3, -0.25) is 4.98 Å². The number of rotatable bonds is 3. The maximum Gasteiger partial charge on any atom is 0.416 e. The number of aromatic nitrogens is 1. The topological polar surface area (TPSA) is 12.9 Å². The second-order valence-corrected chi connectivity index (χ2v) is 6.93. The van der Waals surface area contributed by atoms with Crippen LogP contribution in [0.2, 0.25) is 5.02 Å². The van der Waals surface area contributed by atoms with E-state index in [4.69, 9.17) is 11.6 Å². The average Bonchev–Trinajstić information content (AvgIpc) is 2.69. The Morgan fingerprint density at radius 3 is 2.25 bits per heavy atom. The first-order valence-corrected chi connectivity index (χ1v) is 9.09. The SMILES string of the molecule is FC(F)(F)c1ccc2ncc(Cc3ccccc3Cl)c(-c3ccccc3)c2c1. The van der Waals surface area contributed by atoms with Crippen molar-refractivity contribution in [2.24, 2.45) is 0 Å². The van der Waals surface area contributed by atoms with E-state index in [0.717, 1.165) is 28.3 Å². The Morgan fingerprint density at radius 1 is 0.821 bits per heavy atom. The highest BCUT2D eigenvalue weighted by molar-refractivity contribution is 6.31. The molecule has 140 valence electrons. The van der Waals surface area contributed by atoms with Crippen LogP contribution in [0, 0.1) is 0 Å². The van der Waals surface area contributed by atoms with Gasteiger partial charge in [-0.25, -0.2) is 0 Å². The standard InChI is InChI=1S/C23H15ClF3N/c24-20-9-5-4-8-16(20)12-17-14-28-21-11-10-18(23(25,26)27)13-19(21)22(17)15-6-2-1-3-7-15/h1-11,13-14H,12H2. The second kappa shape index (κ2) is 7.28. The van der Waals surface area contributed by atoms with Crippen LogP contribution >= 0.6 is 11.6 Å². The van der Waals surface area contributed by atoms with E-state index in [1.54, 1.807) is 12.3 Å². The fraction of sp³-hybridized carbons (Fsp3) is 0.0870. The first-order valence-electron chi connectivity index (χ1n) is 8.71. The van der Waals surface area contributed by atoms with Crippen molar-refractivity contribution in [2.45, 2.75) is 12.6 Å². The fourth-order valence-corrected chi connectivity index (χ4v) is 3.54. The van der Waals surface area contributed by atoms with Gasteiger partial charge in [-0.2, -0.15) is 13.2 Å². The Bertz CT molecular complexity index is 1140. The molecule has 1 heterocycles. The molecule has 0 aliphatic carbocycles. The van der Waals surface area contributed by atoms with E-state index in [1.165, 1.54) is 12.1 Å². The molecular weight excluding hydrogens is 383 g/mol. The minimum absolute atomic E-state index is 0.475. The number of alkyl halides is 3. The molecule has 0 spiro atoms. The minimum atomic E-state index is -4.42. The molecule has 0 saturated carbocycles. The summed E-state index contributed by atoms with van der Waals surface area (Å²) in [5.74, 6) is 0. The second-order valence-electron chi connectivity index (χ2n) is 6.52. The molecule has 1 aromatic heterocycles. The van der Waals surface area contributed by atoms with Crippen LogP contribution in [-0.4, -0.2) is 4.98 Å². The molecule has 1 nitrogen and oxygen atoms in total. The molecule has 0 aliphatic heterocycles. The van der Waals surface area contributed by atoms with Gasteiger partial charge in [-0.05, 0) is 46.5 Å². The van der Waals surface area contributed by atoms with Gasteiger partial charge in [0.15, 0.2) is 0 Å². The van der Waals surface area contributed by atoms with Gasteiger partial charge in [0.1, 0.15) is 0 Å². The third-order valence-electron chi connectivity index (χ3n) is 4.68. The Hall–Kier alpha value is -2.85. The van der Waals surface area contributed by atoms with Gasteiger partial charge in [0, 0.05) is 23.0 Å². The molecule has 0 radical (unpaired) electrons. The summed E-state index contributed by atoms with van der Waals surface area (Å²) in [5, 5.41) is 1.09. The Kier molecular flexibility index (Phi) is 4.82.